The van der Waals surface area contributed by atoms with Crippen molar-refractivity contribution in [3.8, 4) is 0 Å². The van der Waals surface area contributed by atoms with Gasteiger partial charge in [0.25, 0.3) is 0 Å². The topological polar surface area (TPSA) is 47.9 Å². The number of hydrogen-bond acceptors (Lipinski definition) is 4. The van der Waals surface area contributed by atoms with Crippen LogP contribution in [0.2, 0.25) is 0 Å². The van der Waals surface area contributed by atoms with E-state index in [1.165, 1.54) is 0 Å². The van der Waals surface area contributed by atoms with Gasteiger partial charge in [-0.2, -0.15) is 0 Å². The molecule has 4 nitrogen and oxygen atoms in total. The minimum atomic E-state index is -0.423. The Labute approximate surface area is 147 Å². The van der Waals surface area contributed by atoms with Crippen molar-refractivity contribution in [2.75, 3.05) is 0 Å². The summed E-state index contributed by atoms with van der Waals surface area (Å²) in [6.45, 7) is 8.15. The molecule has 126 valence electrons. The summed E-state index contributed by atoms with van der Waals surface area (Å²) in [7, 11) is -0.423. The maximum atomic E-state index is 11.3. The SMILES string of the molecule is CC1(C)OB(c2ccc3c(c2)cc(N=O)c2ccccc23)OC1(C)C. The quantitative estimate of drug-likeness (QED) is 0.388. The molecule has 5 heteroatoms. The Morgan fingerprint density at radius 1 is 0.840 bits per heavy atom. The second-order valence-electron chi connectivity index (χ2n) is 7.60. The van der Waals surface area contributed by atoms with Crippen LogP contribution in [0.4, 0.5) is 5.69 Å². The number of benzene rings is 3. The van der Waals surface area contributed by atoms with E-state index in [4.69, 9.17) is 9.31 Å². The van der Waals surface area contributed by atoms with Gasteiger partial charge in [0.2, 0.25) is 0 Å². The first kappa shape index (κ1) is 16.2. The van der Waals surface area contributed by atoms with Crippen molar-refractivity contribution in [1.29, 1.82) is 0 Å². The molecule has 25 heavy (non-hydrogen) atoms. The Morgan fingerprint density at radius 2 is 1.48 bits per heavy atom. The summed E-state index contributed by atoms with van der Waals surface area (Å²) in [6.07, 6.45) is 0. The molecule has 0 atom stereocenters. The van der Waals surface area contributed by atoms with Gasteiger partial charge in [0.15, 0.2) is 0 Å². The Bertz CT molecular complexity index is 981. The Hall–Kier alpha value is -2.24. The third kappa shape index (κ3) is 2.46. The summed E-state index contributed by atoms with van der Waals surface area (Å²) in [4.78, 5) is 11.3. The molecule has 0 unspecified atom stereocenters. The highest BCUT2D eigenvalue weighted by molar-refractivity contribution is 6.62. The maximum Gasteiger partial charge on any atom is 0.494 e. The fourth-order valence-electron chi connectivity index (χ4n) is 3.31. The number of fused-ring (bicyclic) bond motifs is 3. The molecule has 0 aromatic heterocycles. The minimum Gasteiger partial charge on any atom is -0.399 e. The molecule has 1 aliphatic heterocycles. The molecule has 0 spiro atoms. The first-order valence-corrected chi connectivity index (χ1v) is 8.47. The minimum absolute atomic E-state index is 0.383. The van der Waals surface area contributed by atoms with Gasteiger partial charge in [0, 0.05) is 5.39 Å². The fourth-order valence-corrected chi connectivity index (χ4v) is 3.31. The molecule has 3 aromatic carbocycles. The van der Waals surface area contributed by atoms with Gasteiger partial charge in [0.1, 0.15) is 5.69 Å². The molecule has 0 bridgehead atoms. The monoisotopic (exact) mass is 333 g/mol. The lowest BCUT2D eigenvalue weighted by molar-refractivity contribution is 0.00578. The van der Waals surface area contributed by atoms with Crippen LogP contribution in [-0.4, -0.2) is 18.3 Å². The first-order chi connectivity index (χ1) is 11.8. The van der Waals surface area contributed by atoms with E-state index in [0.29, 0.717) is 5.69 Å². The van der Waals surface area contributed by atoms with E-state index in [2.05, 4.69) is 11.2 Å². The van der Waals surface area contributed by atoms with Crippen molar-refractivity contribution in [2.24, 2.45) is 5.18 Å². The van der Waals surface area contributed by atoms with E-state index in [0.717, 1.165) is 27.0 Å². The average Bonchev–Trinajstić information content (AvgIpc) is 2.81. The summed E-state index contributed by atoms with van der Waals surface area (Å²) >= 11 is 0. The highest BCUT2D eigenvalue weighted by Crippen LogP contribution is 2.37. The fraction of sp³-hybridized carbons (Fsp3) is 0.300. The van der Waals surface area contributed by atoms with Gasteiger partial charge in [-0.15, -0.1) is 4.91 Å². The lowest BCUT2D eigenvalue weighted by Gasteiger charge is -2.32. The average molecular weight is 333 g/mol. The van der Waals surface area contributed by atoms with Gasteiger partial charge >= 0.3 is 7.12 Å². The second-order valence-corrected chi connectivity index (χ2v) is 7.60. The van der Waals surface area contributed by atoms with Crippen molar-refractivity contribution in [3.05, 3.63) is 53.4 Å². The molecule has 0 aliphatic carbocycles. The lowest BCUT2D eigenvalue weighted by atomic mass is 9.78. The first-order valence-electron chi connectivity index (χ1n) is 8.47. The molecule has 1 saturated heterocycles. The van der Waals surface area contributed by atoms with Crippen LogP contribution in [0.5, 0.6) is 0 Å². The van der Waals surface area contributed by atoms with Crippen molar-refractivity contribution in [2.45, 2.75) is 38.9 Å². The largest absolute Gasteiger partial charge is 0.494 e. The van der Waals surface area contributed by atoms with Gasteiger partial charge in [-0.25, -0.2) is 0 Å². The molecule has 0 radical (unpaired) electrons. The lowest BCUT2D eigenvalue weighted by Crippen LogP contribution is -2.41. The molecule has 4 rings (SSSR count). The molecule has 1 heterocycles. The zero-order chi connectivity index (χ0) is 17.8. The van der Waals surface area contributed by atoms with Crippen LogP contribution in [0.3, 0.4) is 0 Å². The van der Waals surface area contributed by atoms with Crippen LogP contribution in [0.1, 0.15) is 27.7 Å². The van der Waals surface area contributed by atoms with Crippen LogP contribution in [0.25, 0.3) is 21.5 Å². The summed E-state index contributed by atoms with van der Waals surface area (Å²) in [6, 6.07) is 15.8. The van der Waals surface area contributed by atoms with E-state index >= 15 is 0 Å². The van der Waals surface area contributed by atoms with Crippen molar-refractivity contribution in [3.63, 3.8) is 0 Å². The van der Waals surface area contributed by atoms with Crippen LogP contribution in [0, 0.1) is 4.91 Å². The smallest absolute Gasteiger partial charge is 0.399 e. The predicted molar refractivity (Wildman–Crippen MR) is 103 cm³/mol. The molecule has 1 fully saturated rings. The van der Waals surface area contributed by atoms with E-state index in [1.54, 1.807) is 0 Å². The van der Waals surface area contributed by atoms with Crippen molar-refractivity contribution >= 4 is 39.8 Å². The molecular weight excluding hydrogens is 313 g/mol. The van der Waals surface area contributed by atoms with Crippen LogP contribution in [0.15, 0.2) is 53.7 Å². The molecule has 0 N–H and O–H groups in total. The normalized spacial score (nSPS) is 18.8. The van der Waals surface area contributed by atoms with Gasteiger partial charge in [-0.1, -0.05) is 42.5 Å². The van der Waals surface area contributed by atoms with Gasteiger partial charge in [0.05, 0.1) is 11.2 Å². The Morgan fingerprint density at radius 3 is 2.12 bits per heavy atom. The molecule has 0 amide bonds. The third-order valence-corrected chi connectivity index (χ3v) is 5.48. The van der Waals surface area contributed by atoms with Crippen LogP contribution in [-0.2, 0) is 9.31 Å². The molecule has 0 saturated carbocycles. The van der Waals surface area contributed by atoms with Gasteiger partial charge in [-0.05, 0) is 60.6 Å². The van der Waals surface area contributed by atoms with Gasteiger partial charge < -0.3 is 9.31 Å². The molecule has 1 aliphatic rings. The summed E-state index contributed by atoms with van der Waals surface area (Å²) < 4.78 is 12.3. The highest BCUT2D eigenvalue weighted by atomic mass is 16.7. The second kappa shape index (κ2) is 5.38. The number of nitroso groups, excluding NO2 is 1. The number of hydrogen-bond donors (Lipinski definition) is 0. The Balaban J connectivity index is 1.87. The molecular formula is C20H20BNO3. The Kier molecular flexibility index (Phi) is 3.50. The van der Waals surface area contributed by atoms with Gasteiger partial charge in [-0.3, -0.25) is 0 Å². The van der Waals surface area contributed by atoms with Crippen LogP contribution >= 0.6 is 0 Å². The zero-order valence-corrected chi connectivity index (χ0v) is 14.9. The third-order valence-electron chi connectivity index (χ3n) is 5.48. The summed E-state index contributed by atoms with van der Waals surface area (Å²) in [5.74, 6) is 0. The summed E-state index contributed by atoms with van der Waals surface area (Å²) in [5, 5.41) is 7.15. The van der Waals surface area contributed by atoms with E-state index in [9.17, 15) is 4.91 Å². The highest BCUT2D eigenvalue weighted by Gasteiger charge is 2.51. The standard InChI is InChI=1S/C20H20BNO3/c1-19(2)20(3,4)25-21(24-19)14-9-10-15-13(11-14)12-18(22-23)17-8-6-5-7-16(15)17/h5-12H,1-4H3. The van der Waals surface area contributed by atoms with Crippen LogP contribution < -0.4 is 5.46 Å². The van der Waals surface area contributed by atoms with E-state index < -0.39 is 7.12 Å². The number of rotatable bonds is 2. The maximum absolute atomic E-state index is 11.3. The predicted octanol–water partition coefficient (Wildman–Crippen LogP) is 4.69. The van der Waals surface area contributed by atoms with Crippen molar-refractivity contribution < 1.29 is 9.31 Å². The zero-order valence-electron chi connectivity index (χ0n) is 14.9. The molecule has 3 aromatic rings. The van der Waals surface area contributed by atoms with E-state index in [1.807, 2.05) is 70.2 Å². The number of nitrogens with zero attached hydrogens (tertiary/aromatic N) is 1. The van der Waals surface area contributed by atoms with Crippen molar-refractivity contribution in [1.82, 2.24) is 0 Å². The van der Waals surface area contributed by atoms with E-state index in [-0.39, 0.29) is 11.2 Å². The summed E-state index contributed by atoms with van der Waals surface area (Å²) in [5.41, 5.74) is 0.629.